The first-order valence-corrected chi connectivity index (χ1v) is 7.51. The molecule has 0 aliphatic rings. The van der Waals surface area contributed by atoms with Crippen LogP contribution in [0.15, 0.2) is 48.5 Å². The van der Waals surface area contributed by atoms with E-state index in [2.05, 4.69) is 12.2 Å². The number of rotatable bonds is 8. The molecular formula is C17H20ClNO2. The van der Waals surface area contributed by atoms with Gasteiger partial charge in [-0.3, -0.25) is 0 Å². The van der Waals surface area contributed by atoms with Crippen LogP contribution in [0, 0.1) is 0 Å². The summed E-state index contributed by atoms with van der Waals surface area (Å²) >= 11 is 5.82. The fourth-order valence-electron chi connectivity index (χ4n) is 1.78. The third-order valence-corrected chi connectivity index (χ3v) is 3.09. The Morgan fingerprint density at radius 2 is 1.43 bits per heavy atom. The van der Waals surface area contributed by atoms with Crippen molar-refractivity contribution in [3.8, 4) is 11.5 Å². The average Bonchev–Trinajstić information content (AvgIpc) is 2.52. The highest BCUT2D eigenvalue weighted by molar-refractivity contribution is 6.30. The highest BCUT2D eigenvalue weighted by Crippen LogP contribution is 2.17. The van der Waals surface area contributed by atoms with Gasteiger partial charge >= 0.3 is 0 Å². The molecule has 0 amide bonds. The quantitative estimate of drug-likeness (QED) is 0.722. The van der Waals surface area contributed by atoms with Gasteiger partial charge in [-0.15, -0.1) is 0 Å². The number of anilines is 1. The lowest BCUT2D eigenvalue weighted by Crippen LogP contribution is -2.11. The Balaban J connectivity index is 1.69. The van der Waals surface area contributed by atoms with E-state index in [4.69, 9.17) is 21.1 Å². The molecule has 0 atom stereocenters. The Morgan fingerprint density at radius 3 is 2.05 bits per heavy atom. The third kappa shape index (κ3) is 5.56. The van der Waals surface area contributed by atoms with Crippen LogP contribution in [0.3, 0.4) is 0 Å². The van der Waals surface area contributed by atoms with Gasteiger partial charge < -0.3 is 14.8 Å². The van der Waals surface area contributed by atoms with Crippen molar-refractivity contribution in [1.29, 1.82) is 0 Å². The Kier molecular flexibility index (Phi) is 6.22. The van der Waals surface area contributed by atoms with E-state index in [1.807, 2.05) is 48.5 Å². The van der Waals surface area contributed by atoms with E-state index in [-0.39, 0.29) is 0 Å². The standard InChI is InChI=1S/C17H20ClNO2/c1-2-12-20-17-9-5-15(6-10-17)19-11-13-21-16-7-3-14(18)4-8-16/h3-10,19H,2,11-13H2,1H3. The fraction of sp³-hybridized carbons (Fsp3) is 0.294. The summed E-state index contributed by atoms with van der Waals surface area (Å²) < 4.78 is 11.2. The molecule has 0 saturated heterocycles. The molecule has 0 radical (unpaired) electrons. The molecule has 2 aromatic carbocycles. The van der Waals surface area contributed by atoms with Gasteiger partial charge in [0, 0.05) is 17.3 Å². The Morgan fingerprint density at radius 1 is 0.857 bits per heavy atom. The second-order valence-corrected chi connectivity index (χ2v) is 5.04. The maximum atomic E-state index is 5.82. The molecule has 0 unspecified atom stereocenters. The van der Waals surface area contributed by atoms with Crippen molar-refractivity contribution in [1.82, 2.24) is 0 Å². The monoisotopic (exact) mass is 305 g/mol. The fourth-order valence-corrected chi connectivity index (χ4v) is 1.91. The molecule has 2 rings (SSSR count). The van der Waals surface area contributed by atoms with E-state index in [0.717, 1.165) is 36.8 Å². The number of ether oxygens (including phenoxy) is 2. The van der Waals surface area contributed by atoms with Gasteiger partial charge in [-0.2, -0.15) is 0 Å². The summed E-state index contributed by atoms with van der Waals surface area (Å²) in [5, 5.41) is 4.02. The Labute approximate surface area is 130 Å². The van der Waals surface area contributed by atoms with Gasteiger partial charge in [-0.25, -0.2) is 0 Å². The first kappa shape index (κ1) is 15.5. The van der Waals surface area contributed by atoms with E-state index in [1.165, 1.54) is 0 Å². The molecule has 3 nitrogen and oxygen atoms in total. The second kappa shape index (κ2) is 8.42. The molecule has 0 saturated carbocycles. The number of nitrogens with one attached hydrogen (secondary N) is 1. The Hall–Kier alpha value is -1.87. The molecule has 0 fully saturated rings. The average molecular weight is 306 g/mol. The number of hydrogen-bond acceptors (Lipinski definition) is 3. The van der Waals surface area contributed by atoms with Crippen LogP contribution in [0.5, 0.6) is 11.5 Å². The van der Waals surface area contributed by atoms with Crippen LogP contribution >= 0.6 is 11.6 Å². The largest absolute Gasteiger partial charge is 0.494 e. The summed E-state index contributed by atoms with van der Waals surface area (Å²) in [6, 6.07) is 15.3. The molecule has 21 heavy (non-hydrogen) atoms. The molecule has 2 aromatic rings. The minimum Gasteiger partial charge on any atom is -0.494 e. The molecule has 0 bridgehead atoms. The van der Waals surface area contributed by atoms with Crippen LogP contribution in [0.4, 0.5) is 5.69 Å². The van der Waals surface area contributed by atoms with Crippen LogP contribution in [0.2, 0.25) is 5.02 Å². The predicted molar refractivity (Wildman–Crippen MR) is 87.7 cm³/mol. The SMILES string of the molecule is CCCOc1ccc(NCCOc2ccc(Cl)cc2)cc1. The molecule has 112 valence electrons. The molecule has 4 heteroatoms. The van der Waals surface area contributed by atoms with Gasteiger partial charge in [0.2, 0.25) is 0 Å². The van der Waals surface area contributed by atoms with Crippen molar-refractivity contribution in [2.45, 2.75) is 13.3 Å². The number of benzene rings is 2. The van der Waals surface area contributed by atoms with Gasteiger partial charge in [0.25, 0.3) is 0 Å². The highest BCUT2D eigenvalue weighted by atomic mass is 35.5. The van der Waals surface area contributed by atoms with Gasteiger partial charge in [0.15, 0.2) is 0 Å². The molecule has 1 N–H and O–H groups in total. The predicted octanol–water partition coefficient (Wildman–Crippen LogP) is 4.62. The smallest absolute Gasteiger partial charge is 0.119 e. The van der Waals surface area contributed by atoms with Gasteiger partial charge in [0.1, 0.15) is 18.1 Å². The number of hydrogen-bond donors (Lipinski definition) is 1. The molecule has 0 heterocycles. The first-order valence-electron chi connectivity index (χ1n) is 7.13. The lowest BCUT2D eigenvalue weighted by molar-refractivity contribution is 0.317. The summed E-state index contributed by atoms with van der Waals surface area (Å²) in [6.45, 7) is 4.17. The summed E-state index contributed by atoms with van der Waals surface area (Å²) in [4.78, 5) is 0. The van der Waals surface area contributed by atoms with Crippen LogP contribution in [-0.4, -0.2) is 19.8 Å². The zero-order chi connectivity index (χ0) is 14.9. The maximum Gasteiger partial charge on any atom is 0.119 e. The van der Waals surface area contributed by atoms with E-state index < -0.39 is 0 Å². The highest BCUT2D eigenvalue weighted by Gasteiger charge is 1.96. The molecular weight excluding hydrogens is 286 g/mol. The van der Waals surface area contributed by atoms with Crippen molar-refractivity contribution in [3.05, 3.63) is 53.6 Å². The lowest BCUT2D eigenvalue weighted by Gasteiger charge is -2.10. The van der Waals surface area contributed by atoms with E-state index in [9.17, 15) is 0 Å². The molecule has 0 spiro atoms. The van der Waals surface area contributed by atoms with Crippen molar-refractivity contribution in [2.75, 3.05) is 25.1 Å². The first-order chi connectivity index (χ1) is 10.3. The Bertz CT molecular complexity index is 525. The van der Waals surface area contributed by atoms with Gasteiger partial charge in [0.05, 0.1) is 6.61 Å². The topological polar surface area (TPSA) is 30.5 Å². The number of halogens is 1. The minimum atomic E-state index is 0.593. The normalized spacial score (nSPS) is 10.2. The van der Waals surface area contributed by atoms with Crippen molar-refractivity contribution < 1.29 is 9.47 Å². The van der Waals surface area contributed by atoms with Crippen molar-refractivity contribution >= 4 is 17.3 Å². The summed E-state index contributed by atoms with van der Waals surface area (Å²) in [5.41, 5.74) is 1.05. The second-order valence-electron chi connectivity index (χ2n) is 4.60. The zero-order valence-electron chi connectivity index (χ0n) is 12.1. The molecule has 0 aliphatic heterocycles. The van der Waals surface area contributed by atoms with E-state index in [0.29, 0.717) is 11.6 Å². The maximum absolute atomic E-state index is 5.82. The van der Waals surface area contributed by atoms with Crippen LogP contribution < -0.4 is 14.8 Å². The van der Waals surface area contributed by atoms with E-state index in [1.54, 1.807) is 0 Å². The lowest BCUT2D eigenvalue weighted by atomic mass is 10.3. The van der Waals surface area contributed by atoms with E-state index >= 15 is 0 Å². The van der Waals surface area contributed by atoms with Crippen molar-refractivity contribution in [2.24, 2.45) is 0 Å². The zero-order valence-corrected chi connectivity index (χ0v) is 12.9. The van der Waals surface area contributed by atoms with Gasteiger partial charge in [-0.1, -0.05) is 18.5 Å². The third-order valence-electron chi connectivity index (χ3n) is 2.84. The van der Waals surface area contributed by atoms with Crippen LogP contribution in [0.25, 0.3) is 0 Å². The summed E-state index contributed by atoms with van der Waals surface area (Å²) in [5.74, 6) is 1.73. The van der Waals surface area contributed by atoms with Gasteiger partial charge in [-0.05, 0) is 55.0 Å². The van der Waals surface area contributed by atoms with Crippen LogP contribution in [-0.2, 0) is 0 Å². The minimum absolute atomic E-state index is 0.593. The summed E-state index contributed by atoms with van der Waals surface area (Å²) in [7, 11) is 0. The van der Waals surface area contributed by atoms with Crippen molar-refractivity contribution in [3.63, 3.8) is 0 Å². The molecule has 0 aliphatic carbocycles. The summed E-state index contributed by atoms with van der Waals surface area (Å²) in [6.07, 6.45) is 1.02. The molecule has 0 aromatic heterocycles. The van der Waals surface area contributed by atoms with Crippen LogP contribution in [0.1, 0.15) is 13.3 Å².